The van der Waals surface area contributed by atoms with Crippen LogP contribution < -0.4 is 20.5 Å². The van der Waals surface area contributed by atoms with Crippen LogP contribution in [0.15, 0.2) is 28.1 Å². The van der Waals surface area contributed by atoms with Gasteiger partial charge in [0.2, 0.25) is 6.79 Å². The number of amides is 1. The van der Waals surface area contributed by atoms with Gasteiger partial charge >= 0.3 is 0 Å². The number of carbonyl (C=O) groups is 1. The molecule has 1 aromatic carbocycles. The van der Waals surface area contributed by atoms with E-state index in [1.165, 1.54) is 11.3 Å². The maximum absolute atomic E-state index is 12.1. The van der Waals surface area contributed by atoms with Gasteiger partial charge in [-0.2, -0.15) is 0 Å². The SMILES string of the molecule is Nc1cc2c(cc1NC(=O)c1sccc1Br)OCO2. The normalized spacial score (nSPS) is 12.5. The summed E-state index contributed by atoms with van der Waals surface area (Å²) in [5.41, 5.74) is 6.82. The van der Waals surface area contributed by atoms with E-state index in [2.05, 4.69) is 21.2 Å². The van der Waals surface area contributed by atoms with Gasteiger partial charge in [-0.3, -0.25) is 4.79 Å². The van der Waals surface area contributed by atoms with Crippen LogP contribution >= 0.6 is 27.3 Å². The minimum absolute atomic E-state index is 0.169. The summed E-state index contributed by atoms with van der Waals surface area (Å²) >= 11 is 4.67. The van der Waals surface area contributed by atoms with Crippen LogP contribution in [0.3, 0.4) is 0 Å². The van der Waals surface area contributed by atoms with Gasteiger partial charge < -0.3 is 20.5 Å². The lowest BCUT2D eigenvalue weighted by Gasteiger charge is -2.08. The van der Waals surface area contributed by atoms with Gasteiger partial charge in [0.15, 0.2) is 11.5 Å². The number of benzene rings is 1. The van der Waals surface area contributed by atoms with E-state index in [1.54, 1.807) is 12.1 Å². The molecule has 0 aliphatic carbocycles. The Hall–Kier alpha value is -1.73. The monoisotopic (exact) mass is 340 g/mol. The Balaban J connectivity index is 1.88. The number of halogens is 1. The van der Waals surface area contributed by atoms with Gasteiger partial charge in [-0.05, 0) is 27.4 Å². The van der Waals surface area contributed by atoms with Crippen molar-refractivity contribution in [3.8, 4) is 11.5 Å². The van der Waals surface area contributed by atoms with Gasteiger partial charge in [-0.1, -0.05) is 0 Å². The van der Waals surface area contributed by atoms with Crippen molar-refractivity contribution in [2.75, 3.05) is 17.8 Å². The average molecular weight is 341 g/mol. The molecule has 0 bridgehead atoms. The van der Waals surface area contributed by atoms with Crippen LogP contribution in [-0.4, -0.2) is 12.7 Å². The summed E-state index contributed by atoms with van der Waals surface area (Å²) in [6.07, 6.45) is 0. The second-order valence-corrected chi connectivity index (χ2v) is 5.61. The molecule has 3 N–H and O–H groups in total. The molecule has 3 rings (SSSR count). The first-order valence-corrected chi connectivity index (χ1v) is 7.06. The van der Waals surface area contributed by atoms with Crippen molar-refractivity contribution in [3.63, 3.8) is 0 Å². The molecule has 2 heterocycles. The molecule has 19 heavy (non-hydrogen) atoms. The van der Waals surface area contributed by atoms with Crippen LogP contribution in [0.2, 0.25) is 0 Å². The van der Waals surface area contributed by atoms with Crippen molar-refractivity contribution in [2.45, 2.75) is 0 Å². The highest BCUT2D eigenvalue weighted by atomic mass is 79.9. The van der Waals surface area contributed by atoms with Crippen molar-refractivity contribution in [2.24, 2.45) is 0 Å². The van der Waals surface area contributed by atoms with Crippen LogP contribution in [-0.2, 0) is 0 Å². The molecule has 1 amide bonds. The number of nitrogens with one attached hydrogen (secondary N) is 1. The number of nitrogen functional groups attached to an aromatic ring is 1. The van der Waals surface area contributed by atoms with Gasteiger partial charge in [0.1, 0.15) is 4.88 Å². The molecule has 1 aliphatic rings. The molecule has 0 unspecified atom stereocenters. The lowest BCUT2D eigenvalue weighted by molar-refractivity contribution is 0.103. The van der Waals surface area contributed by atoms with E-state index in [-0.39, 0.29) is 12.7 Å². The fraction of sp³-hybridized carbons (Fsp3) is 0.0833. The highest BCUT2D eigenvalue weighted by molar-refractivity contribution is 9.10. The number of nitrogens with two attached hydrogens (primary N) is 1. The second-order valence-electron chi connectivity index (χ2n) is 3.84. The molecule has 0 fully saturated rings. The van der Waals surface area contributed by atoms with E-state index in [4.69, 9.17) is 15.2 Å². The molecule has 1 aromatic heterocycles. The first kappa shape index (κ1) is 12.3. The molecule has 5 nitrogen and oxygen atoms in total. The lowest BCUT2D eigenvalue weighted by Crippen LogP contribution is -2.12. The first-order valence-electron chi connectivity index (χ1n) is 5.38. The summed E-state index contributed by atoms with van der Waals surface area (Å²) in [5, 5.41) is 4.60. The molecule has 98 valence electrons. The third kappa shape index (κ3) is 2.26. The predicted octanol–water partition coefficient (Wildman–Crippen LogP) is 3.07. The second kappa shape index (κ2) is 4.75. The summed E-state index contributed by atoms with van der Waals surface area (Å²) in [7, 11) is 0. The number of thiophene rings is 1. The Bertz CT molecular complexity index is 656. The molecule has 2 aromatic rings. The predicted molar refractivity (Wildman–Crippen MR) is 76.9 cm³/mol. The van der Waals surface area contributed by atoms with Crippen LogP contribution in [0.4, 0.5) is 11.4 Å². The summed E-state index contributed by atoms with van der Waals surface area (Å²) in [6, 6.07) is 5.13. The van der Waals surface area contributed by atoms with Gasteiger partial charge in [0.25, 0.3) is 5.91 Å². The average Bonchev–Trinajstić information content (AvgIpc) is 2.98. The Kier molecular flexibility index (Phi) is 3.08. The van der Waals surface area contributed by atoms with Crippen molar-refractivity contribution in [1.82, 2.24) is 0 Å². The van der Waals surface area contributed by atoms with Crippen molar-refractivity contribution < 1.29 is 14.3 Å². The maximum atomic E-state index is 12.1. The number of rotatable bonds is 2. The Morgan fingerprint density at radius 2 is 2.11 bits per heavy atom. The van der Waals surface area contributed by atoms with Gasteiger partial charge in [0, 0.05) is 16.6 Å². The molecule has 0 atom stereocenters. The first-order chi connectivity index (χ1) is 9.15. The summed E-state index contributed by atoms with van der Waals surface area (Å²) in [5.74, 6) is 0.954. The topological polar surface area (TPSA) is 73.6 Å². The summed E-state index contributed by atoms with van der Waals surface area (Å²) < 4.78 is 11.2. The molecule has 0 saturated heterocycles. The zero-order valence-electron chi connectivity index (χ0n) is 9.60. The minimum Gasteiger partial charge on any atom is -0.454 e. The minimum atomic E-state index is -0.215. The molecule has 7 heteroatoms. The van der Waals surface area contributed by atoms with E-state index in [1.807, 2.05) is 11.4 Å². The van der Waals surface area contributed by atoms with Crippen molar-refractivity contribution in [3.05, 3.63) is 32.9 Å². The fourth-order valence-corrected chi connectivity index (χ4v) is 3.15. The Morgan fingerprint density at radius 3 is 2.79 bits per heavy atom. The third-order valence-electron chi connectivity index (χ3n) is 2.62. The number of hydrogen-bond acceptors (Lipinski definition) is 5. The van der Waals surface area contributed by atoms with Crippen molar-refractivity contribution >= 4 is 44.5 Å². The van der Waals surface area contributed by atoms with E-state index < -0.39 is 0 Å². The number of ether oxygens (including phenoxy) is 2. The summed E-state index contributed by atoms with van der Waals surface area (Å²) in [6.45, 7) is 0.169. The van der Waals surface area contributed by atoms with E-state index in [0.29, 0.717) is 27.8 Å². The summed E-state index contributed by atoms with van der Waals surface area (Å²) in [4.78, 5) is 12.7. The fourth-order valence-electron chi connectivity index (χ4n) is 1.70. The standard InChI is InChI=1S/C12H9BrN2O3S/c13-6-1-2-19-11(6)12(16)15-8-4-10-9(3-7(8)14)17-5-18-10/h1-4H,5,14H2,(H,15,16). The zero-order chi connectivity index (χ0) is 13.4. The Labute approximate surface area is 121 Å². The third-order valence-corrected chi connectivity index (χ3v) is 4.45. The van der Waals surface area contributed by atoms with E-state index in [9.17, 15) is 4.79 Å². The molecule has 1 aliphatic heterocycles. The van der Waals surface area contributed by atoms with E-state index >= 15 is 0 Å². The number of hydrogen-bond donors (Lipinski definition) is 2. The maximum Gasteiger partial charge on any atom is 0.266 e. The van der Waals surface area contributed by atoms with E-state index in [0.717, 1.165) is 4.47 Å². The molecular formula is C12H9BrN2O3S. The quantitative estimate of drug-likeness (QED) is 0.824. The highest BCUT2D eigenvalue weighted by Gasteiger charge is 2.18. The highest BCUT2D eigenvalue weighted by Crippen LogP contribution is 2.38. The largest absolute Gasteiger partial charge is 0.454 e. The number of carbonyl (C=O) groups excluding carboxylic acids is 1. The smallest absolute Gasteiger partial charge is 0.266 e. The Morgan fingerprint density at radius 1 is 1.37 bits per heavy atom. The molecule has 0 radical (unpaired) electrons. The number of fused-ring (bicyclic) bond motifs is 1. The molecular weight excluding hydrogens is 332 g/mol. The van der Waals surface area contributed by atoms with Gasteiger partial charge in [-0.15, -0.1) is 11.3 Å². The molecule has 0 saturated carbocycles. The molecule has 0 spiro atoms. The van der Waals surface area contributed by atoms with Gasteiger partial charge in [0.05, 0.1) is 11.4 Å². The van der Waals surface area contributed by atoms with Crippen LogP contribution in [0.25, 0.3) is 0 Å². The number of anilines is 2. The zero-order valence-corrected chi connectivity index (χ0v) is 12.0. The van der Waals surface area contributed by atoms with Crippen LogP contribution in [0.5, 0.6) is 11.5 Å². The van der Waals surface area contributed by atoms with Crippen LogP contribution in [0.1, 0.15) is 9.67 Å². The van der Waals surface area contributed by atoms with Gasteiger partial charge in [-0.25, -0.2) is 0 Å². The lowest BCUT2D eigenvalue weighted by atomic mass is 10.2. The van der Waals surface area contributed by atoms with Crippen LogP contribution in [0, 0.1) is 0 Å². The van der Waals surface area contributed by atoms with Crippen molar-refractivity contribution in [1.29, 1.82) is 0 Å².